The quantitative estimate of drug-likeness (QED) is 0.526. The number of benzene rings is 1. The molecular formula is C24H33N3O3S. The molecule has 0 saturated carbocycles. The van der Waals surface area contributed by atoms with Gasteiger partial charge in [-0.2, -0.15) is 0 Å². The zero-order valence-electron chi connectivity index (χ0n) is 18.7. The van der Waals surface area contributed by atoms with Crippen molar-refractivity contribution in [3.63, 3.8) is 0 Å². The van der Waals surface area contributed by atoms with Gasteiger partial charge in [0.05, 0.1) is 24.1 Å². The molecule has 1 saturated heterocycles. The van der Waals surface area contributed by atoms with E-state index in [0.717, 1.165) is 54.1 Å². The van der Waals surface area contributed by atoms with Gasteiger partial charge in [-0.05, 0) is 50.3 Å². The Labute approximate surface area is 189 Å². The van der Waals surface area contributed by atoms with Crippen LogP contribution in [0.4, 0.5) is 0 Å². The maximum atomic E-state index is 13.0. The number of aromatic nitrogens is 1. The van der Waals surface area contributed by atoms with Crippen molar-refractivity contribution in [1.29, 1.82) is 0 Å². The highest BCUT2D eigenvalue weighted by molar-refractivity contribution is 7.09. The first-order chi connectivity index (χ1) is 15.0. The molecule has 2 aromatic rings. The second-order valence-electron chi connectivity index (χ2n) is 8.10. The number of ether oxygens (including phenoxy) is 1. The van der Waals surface area contributed by atoms with Crippen molar-refractivity contribution < 1.29 is 14.3 Å². The number of aryl methyl sites for hydroxylation is 2. The molecular weight excluding hydrogens is 410 g/mol. The number of hydrogen-bond acceptors (Lipinski definition) is 5. The van der Waals surface area contributed by atoms with Gasteiger partial charge in [0.15, 0.2) is 0 Å². The van der Waals surface area contributed by atoms with Gasteiger partial charge in [0, 0.05) is 30.6 Å². The van der Waals surface area contributed by atoms with E-state index in [4.69, 9.17) is 4.74 Å². The van der Waals surface area contributed by atoms with Crippen LogP contribution in [0.3, 0.4) is 0 Å². The molecule has 168 valence electrons. The van der Waals surface area contributed by atoms with Gasteiger partial charge in [-0.25, -0.2) is 4.98 Å². The Bertz CT molecular complexity index is 865. The van der Waals surface area contributed by atoms with E-state index in [1.54, 1.807) is 18.4 Å². The van der Waals surface area contributed by atoms with Crippen molar-refractivity contribution >= 4 is 23.2 Å². The summed E-state index contributed by atoms with van der Waals surface area (Å²) in [4.78, 5) is 32.2. The van der Waals surface area contributed by atoms with Crippen LogP contribution in [0.5, 0.6) is 5.75 Å². The number of nitrogens with one attached hydrogen (secondary N) is 1. The highest BCUT2D eigenvalue weighted by atomic mass is 32.1. The lowest BCUT2D eigenvalue weighted by atomic mass is 9.92. The first-order valence-electron chi connectivity index (χ1n) is 11.2. The molecule has 7 heteroatoms. The summed E-state index contributed by atoms with van der Waals surface area (Å²) in [7, 11) is 1.63. The maximum Gasteiger partial charge on any atom is 0.226 e. The summed E-state index contributed by atoms with van der Waals surface area (Å²) < 4.78 is 5.26. The van der Waals surface area contributed by atoms with Gasteiger partial charge in [-0.15, -0.1) is 11.3 Å². The van der Waals surface area contributed by atoms with Gasteiger partial charge in [0.1, 0.15) is 5.75 Å². The SMILES string of the molecule is CCCCN1C(=O)CC(C(=O)NCCCCc2nc(C)cs2)C1c1ccc(OC)cc1. The summed E-state index contributed by atoms with van der Waals surface area (Å²) >= 11 is 1.69. The Hall–Kier alpha value is -2.41. The van der Waals surface area contributed by atoms with E-state index in [1.165, 1.54) is 0 Å². The summed E-state index contributed by atoms with van der Waals surface area (Å²) in [6.07, 6.45) is 5.04. The number of nitrogens with zero attached hydrogens (tertiary/aromatic N) is 2. The molecule has 0 bridgehead atoms. The van der Waals surface area contributed by atoms with Crippen molar-refractivity contribution in [1.82, 2.24) is 15.2 Å². The highest BCUT2D eigenvalue weighted by Gasteiger charge is 2.43. The molecule has 0 aliphatic carbocycles. The average Bonchev–Trinajstić information content (AvgIpc) is 3.34. The minimum atomic E-state index is -0.362. The Morgan fingerprint density at radius 1 is 1.26 bits per heavy atom. The van der Waals surface area contributed by atoms with Crippen molar-refractivity contribution in [3.05, 3.63) is 45.9 Å². The molecule has 0 radical (unpaired) electrons. The third-order valence-electron chi connectivity index (χ3n) is 5.76. The number of hydrogen-bond donors (Lipinski definition) is 1. The van der Waals surface area contributed by atoms with Crippen LogP contribution in [0.25, 0.3) is 0 Å². The predicted octanol–water partition coefficient (Wildman–Crippen LogP) is 4.29. The van der Waals surface area contributed by atoms with Gasteiger partial charge in [-0.1, -0.05) is 25.5 Å². The lowest BCUT2D eigenvalue weighted by molar-refractivity contribution is -0.129. The van der Waals surface area contributed by atoms with Crippen LogP contribution in [-0.4, -0.2) is 41.9 Å². The number of carbonyl (C=O) groups excluding carboxylic acids is 2. The van der Waals surface area contributed by atoms with Crippen molar-refractivity contribution in [2.75, 3.05) is 20.2 Å². The van der Waals surface area contributed by atoms with Gasteiger partial charge >= 0.3 is 0 Å². The monoisotopic (exact) mass is 443 g/mol. The fourth-order valence-corrected chi connectivity index (χ4v) is 4.91. The Kier molecular flexibility index (Phi) is 8.46. The first-order valence-corrected chi connectivity index (χ1v) is 12.0. The van der Waals surface area contributed by atoms with E-state index in [9.17, 15) is 9.59 Å². The van der Waals surface area contributed by atoms with E-state index < -0.39 is 0 Å². The van der Waals surface area contributed by atoms with Gasteiger partial charge in [-0.3, -0.25) is 9.59 Å². The third-order valence-corrected chi connectivity index (χ3v) is 6.79. The Balaban J connectivity index is 1.60. The number of carbonyl (C=O) groups is 2. The summed E-state index contributed by atoms with van der Waals surface area (Å²) in [5, 5.41) is 6.29. The number of unbranched alkanes of at least 4 members (excludes halogenated alkanes) is 2. The average molecular weight is 444 g/mol. The van der Waals surface area contributed by atoms with Gasteiger partial charge < -0.3 is 15.0 Å². The van der Waals surface area contributed by atoms with Crippen LogP contribution in [0.2, 0.25) is 0 Å². The second kappa shape index (κ2) is 11.3. The molecule has 3 rings (SSSR count). The molecule has 1 fully saturated rings. The smallest absolute Gasteiger partial charge is 0.226 e. The lowest BCUT2D eigenvalue weighted by Gasteiger charge is -2.28. The number of amides is 2. The molecule has 31 heavy (non-hydrogen) atoms. The topological polar surface area (TPSA) is 71.5 Å². The molecule has 1 aromatic heterocycles. The maximum absolute atomic E-state index is 13.0. The van der Waals surface area contributed by atoms with Crippen LogP contribution in [0.1, 0.15) is 61.3 Å². The number of thiazole rings is 1. The van der Waals surface area contributed by atoms with E-state index in [-0.39, 0.29) is 30.2 Å². The van der Waals surface area contributed by atoms with E-state index in [2.05, 4.69) is 22.6 Å². The predicted molar refractivity (Wildman–Crippen MR) is 123 cm³/mol. The normalized spacial score (nSPS) is 18.4. The van der Waals surface area contributed by atoms with Crippen molar-refractivity contribution in [3.8, 4) is 5.75 Å². The van der Waals surface area contributed by atoms with Crippen LogP contribution in [0.15, 0.2) is 29.6 Å². The van der Waals surface area contributed by atoms with Crippen LogP contribution in [0, 0.1) is 12.8 Å². The van der Waals surface area contributed by atoms with Gasteiger partial charge in [0.2, 0.25) is 11.8 Å². The van der Waals surface area contributed by atoms with Crippen molar-refractivity contribution in [2.24, 2.45) is 5.92 Å². The Morgan fingerprint density at radius 3 is 2.68 bits per heavy atom. The fourth-order valence-electron chi connectivity index (χ4n) is 4.09. The number of rotatable bonds is 11. The molecule has 1 aliphatic rings. The zero-order chi connectivity index (χ0) is 22.2. The van der Waals surface area contributed by atoms with Crippen LogP contribution < -0.4 is 10.1 Å². The molecule has 2 atom stereocenters. The number of likely N-dealkylation sites (tertiary alicyclic amines) is 1. The standard InChI is InChI=1S/C24H33N3O3S/c1-4-5-14-27-22(28)15-20(23(27)18-9-11-19(30-3)12-10-18)24(29)25-13-7-6-8-21-26-17(2)16-31-21/h9-12,16,20,23H,4-8,13-15H2,1-3H3,(H,25,29). The molecule has 2 heterocycles. The van der Waals surface area contributed by atoms with Crippen molar-refractivity contribution in [2.45, 2.75) is 58.4 Å². The lowest BCUT2D eigenvalue weighted by Crippen LogP contribution is -2.36. The molecule has 6 nitrogen and oxygen atoms in total. The Morgan fingerprint density at radius 2 is 2.03 bits per heavy atom. The third kappa shape index (κ3) is 6.06. The minimum Gasteiger partial charge on any atom is -0.497 e. The van der Waals surface area contributed by atoms with Gasteiger partial charge in [0.25, 0.3) is 0 Å². The van der Waals surface area contributed by atoms with E-state index in [1.807, 2.05) is 36.1 Å². The summed E-state index contributed by atoms with van der Waals surface area (Å²) in [5.74, 6) is 0.441. The van der Waals surface area contributed by atoms with Crippen LogP contribution >= 0.6 is 11.3 Å². The molecule has 2 unspecified atom stereocenters. The molecule has 1 aromatic carbocycles. The minimum absolute atomic E-state index is 0.0294. The fraction of sp³-hybridized carbons (Fsp3) is 0.542. The first kappa shape index (κ1) is 23.3. The largest absolute Gasteiger partial charge is 0.497 e. The summed E-state index contributed by atoms with van der Waals surface area (Å²) in [6.45, 7) is 5.42. The highest BCUT2D eigenvalue weighted by Crippen LogP contribution is 2.39. The summed E-state index contributed by atoms with van der Waals surface area (Å²) in [6, 6.07) is 7.51. The van der Waals surface area contributed by atoms with E-state index in [0.29, 0.717) is 13.1 Å². The molecule has 0 spiro atoms. The molecule has 1 aliphatic heterocycles. The zero-order valence-corrected chi connectivity index (χ0v) is 19.5. The van der Waals surface area contributed by atoms with E-state index >= 15 is 0 Å². The molecule has 2 amide bonds. The number of methoxy groups -OCH3 is 1. The molecule has 1 N–H and O–H groups in total. The van der Waals surface area contributed by atoms with Crippen LogP contribution in [-0.2, 0) is 16.0 Å². The second-order valence-corrected chi connectivity index (χ2v) is 9.04. The summed E-state index contributed by atoms with van der Waals surface area (Å²) in [5.41, 5.74) is 2.05.